The van der Waals surface area contributed by atoms with E-state index in [0.717, 1.165) is 12.1 Å². The second-order valence-corrected chi connectivity index (χ2v) is 2.83. The molecule has 0 amide bonds. The standard InChI is InChI=1S/C7H6ClF3N2/c8-4-2-1-3(7(9,10)11)5(12)6(4)13/h1-2H,12-13H2. The van der Waals surface area contributed by atoms with E-state index in [-0.39, 0.29) is 10.7 Å². The molecule has 0 saturated heterocycles. The third-order valence-electron chi connectivity index (χ3n) is 1.54. The molecular weight excluding hydrogens is 205 g/mol. The van der Waals surface area contributed by atoms with Gasteiger partial charge in [0.1, 0.15) is 0 Å². The minimum atomic E-state index is -4.50. The van der Waals surface area contributed by atoms with Crippen molar-refractivity contribution in [3.05, 3.63) is 22.7 Å². The monoisotopic (exact) mass is 210 g/mol. The summed E-state index contributed by atoms with van der Waals surface area (Å²) < 4.78 is 36.5. The van der Waals surface area contributed by atoms with Gasteiger partial charge in [0.15, 0.2) is 0 Å². The lowest BCUT2D eigenvalue weighted by molar-refractivity contribution is -0.136. The topological polar surface area (TPSA) is 52.0 Å². The van der Waals surface area contributed by atoms with Crippen molar-refractivity contribution in [1.29, 1.82) is 0 Å². The van der Waals surface area contributed by atoms with Crippen LogP contribution in [0, 0.1) is 0 Å². The molecule has 0 bridgehead atoms. The fraction of sp³-hybridized carbons (Fsp3) is 0.143. The van der Waals surface area contributed by atoms with Crippen LogP contribution in [-0.2, 0) is 6.18 Å². The van der Waals surface area contributed by atoms with Gasteiger partial charge in [-0.1, -0.05) is 11.6 Å². The Morgan fingerprint density at radius 2 is 1.62 bits per heavy atom. The third kappa shape index (κ3) is 1.80. The van der Waals surface area contributed by atoms with E-state index in [9.17, 15) is 13.2 Å². The minimum Gasteiger partial charge on any atom is -0.397 e. The fourth-order valence-corrected chi connectivity index (χ4v) is 1.02. The average Bonchev–Trinajstić information content (AvgIpc) is 1.98. The summed E-state index contributed by atoms with van der Waals surface area (Å²) in [6, 6.07) is 1.87. The SMILES string of the molecule is Nc1c(Cl)ccc(C(F)(F)F)c1N. The molecule has 0 fully saturated rings. The Bertz CT molecular complexity index is 335. The van der Waals surface area contributed by atoms with Crippen molar-refractivity contribution >= 4 is 23.0 Å². The molecule has 0 unspecified atom stereocenters. The maximum atomic E-state index is 12.2. The van der Waals surface area contributed by atoms with Gasteiger partial charge in [0.2, 0.25) is 0 Å². The van der Waals surface area contributed by atoms with Gasteiger partial charge in [-0.2, -0.15) is 13.2 Å². The number of anilines is 2. The first kappa shape index (κ1) is 9.98. The maximum Gasteiger partial charge on any atom is 0.418 e. The van der Waals surface area contributed by atoms with Crippen LogP contribution in [0.2, 0.25) is 5.02 Å². The number of alkyl halides is 3. The average molecular weight is 211 g/mol. The first-order valence-electron chi connectivity index (χ1n) is 3.24. The summed E-state index contributed by atoms with van der Waals surface area (Å²) in [4.78, 5) is 0. The molecular formula is C7H6ClF3N2. The Kier molecular flexibility index (Phi) is 2.30. The van der Waals surface area contributed by atoms with E-state index in [0.29, 0.717) is 0 Å². The van der Waals surface area contributed by atoms with Gasteiger partial charge in [-0.3, -0.25) is 0 Å². The Balaban J connectivity index is 3.35. The second-order valence-electron chi connectivity index (χ2n) is 2.42. The molecule has 0 aliphatic carbocycles. The highest BCUT2D eigenvalue weighted by atomic mass is 35.5. The summed E-state index contributed by atoms with van der Waals surface area (Å²) in [5.74, 6) is 0. The number of hydrogen-bond donors (Lipinski definition) is 2. The lowest BCUT2D eigenvalue weighted by Gasteiger charge is -2.11. The third-order valence-corrected chi connectivity index (χ3v) is 1.87. The molecule has 6 heteroatoms. The zero-order chi connectivity index (χ0) is 10.2. The van der Waals surface area contributed by atoms with Gasteiger partial charge in [-0.25, -0.2) is 0 Å². The summed E-state index contributed by atoms with van der Waals surface area (Å²) in [7, 11) is 0. The zero-order valence-electron chi connectivity index (χ0n) is 6.32. The predicted molar refractivity (Wildman–Crippen MR) is 45.3 cm³/mol. The highest BCUT2D eigenvalue weighted by Crippen LogP contribution is 2.38. The minimum absolute atomic E-state index is 0.0190. The molecule has 72 valence electrons. The smallest absolute Gasteiger partial charge is 0.397 e. The van der Waals surface area contributed by atoms with E-state index in [2.05, 4.69) is 0 Å². The lowest BCUT2D eigenvalue weighted by Crippen LogP contribution is -2.10. The number of nitrogens with two attached hydrogens (primary N) is 2. The summed E-state index contributed by atoms with van der Waals surface area (Å²) in [6.07, 6.45) is -4.50. The highest BCUT2D eigenvalue weighted by Gasteiger charge is 2.33. The van der Waals surface area contributed by atoms with Gasteiger partial charge in [-0.15, -0.1) is 0 Å². The number of benzene rings is 1. The molecule has 0 heterocycles. The molecule has 1 rings (SSSR count). The Hall–Kier alpha value is -1.10. The fourth-order valence-electron chi connectivity index (χ4n) is 0.857. The van der Waals surface area contributed by atoms with Crippen LogP contribution < -0.4 is 11.5 Å². The van der Waals surface area contributed by atoms with Crippen molar-refractivity contribution < 1.29 is 13.2 Å². The van der Waals surface area contributed by atoms with Crippen LogP contribution >= 0.6 is 11.6 Å². The lowest BCUT2D eigenvalue weighted by atomic mass is 10.1. The van der Waals surface area contributed by atoms with Crippen LogP contribution in [0.4, 0.5) is 24.5 Å². The Morgan fingerprint density at radius 1 is 1.08 bits per heavy atom. The van der Waals surface area contributed by atoms with Crippen LogP contribution in [0.5, 0.6) is 0 Å². The van der Waals surface area contributed by atoms with Crippen LogP contribution in [0.1, 0.15) is 5.56 Å². The molecule has 13 heavy (non-hydrogen) atoms. The molecule has 2 nitrogen and oxygen atoms in total. The van der Waals surface area contributed by atoms with Crippen LogP contribution in [0.3, 0.4) is 0 Å². The molecule has 4 N–H and O–H groups in total. The molecule has 0 aliphatic rings. The van der Waals surface area contributed by atoms with Gasteiger partial charge in [0.25, 0.3) is 0 Å². The predicted octanol–water partition coefficient (Wildman–Crippen LogP) is 2.52. The number of rotatable bonds is 0. The van der Waals surface area contributed by atoms with Gasteiger partial charge in [0, 0.05) is 0 Å². The second kappa shape index (κ2) is 2.99. The summed E-state index contributed by atoms with van der Waals surface area (Å²) in [5.41, 5.74) is 8.63. The molecule has 0 radical (unpaired) electrons. The van der Waals surface area contributed by atoms with Crippen molar-refractivity contribution in [2.24, 2.45) is 0 Å². The van der Waals surface area contributed by atoms with E-state index >= 15 is 0 Å². The van der Waals surface area contributed by atoms with E-state index in [1.807, 2.05) is 0 Å². The van der Waals surface area contributed by atoms with Gasteiger partial charge >= 0.3 is 6.18 Å². The molecule has 0 aromatic heterocycles. The van der Waals surface area contributed by atoms with Crippen molar-refractivity contribution in [2.45, 2.75) is 6.18 Å². The first-order valence-corrected chi connectivity index (χ1v) is 3.62. The van der Waals surface area contributed by atoms with Crippen molar-refractivity contribution in [1.82, 2.24) is 0 Å². The quantitative estimate of drug-likeness (QED) is 0.647. The summed E-state index contributed by atoms with van der Waals surface area (Å²) in [6.45, 7) is 0. The summed E-state index contributed by atoms with van der Waals surface area (Å²) in [5, 5.41) is 0.0190. The largest absolute Gasteiger partial charge is 0.418 e. The molecule has 0 atom stereocenters. The van der Waals surface area contributed by atoms with Crippen LogP contribution in [-0.4, -0.2) is 0 Å². The maximum absolute atomic E-state index is 12.2. The Morgan fingerprint density at radius 3 is 2.08 bits per heavy atom. The van der Waals surface area contributed by atoms with E-state index < -0.39 is 17.4 Å². The molecule has 1 aromatic rings. The number of halogens is 4. The first-order chi connectivity index (χ1) is 5.84. The van der Waals surface area contributed by atoms with Crippen molar-refractivity contribution in [3.63, 3.8) is 0 Å². The van der Waals surface area contributed by atoms with Gasteiger partial charge < -0.3 is 11.5 Å². The molecule has 0 saturated carbocycles. The highest BCUT2D eigenvalue weighted by molar-refractivity contribution is 6.33. The van der Waals surface area contributed by atoms with Crippen molar-refractivity contribution in [2.75, 3.05) is 11.5 Å². The van der Waals surface area contributed by atoms with E-state index in [1.165, 1.54) is 0 Å². The number of nitrogen functional groups attached to an aromatic ring is 2. The van der Waals surface area contributed by atoms with E-state index in [1.54, 1.807) is 0 Å². The molecule has 0 spiro atoms. The number of hydrogen-bond acceptors (Lipinski definition) is 2. The normalized spacial score (nSPS) is 11.7. The van der Waals surface area contributed by atoms with E-state index in [4.69, 9.17) is 23.1 Å². The molecule has 0 aliphatic heterocycles. The van der Waals surface area contributed by atoms with Crippen molar-refractivity contribution in [3.8, 4) is 0 Å². The molecule has 1 aromatic carbocycles. The zero-order valence-corrected chi connectivity index (χ0v) is 7.08. The summed E-state index contributed by atoms with van der Waals surface area (Å²) >= 11 is 5.46. The Labute approximate surface area is 77.3 Å². The van der Waals surface area contributed by atoms with Gasteiger partial charge in [0.05, 0.1) is 22.0 Å². The van der Waals surface area contributed by atoms with Crippen LogP contribution in [0.25, 0.3) is 0 Å². The van der Waals surface area contributed by atoms with Gasteiger partial charge in [-0.05, 0) is 12.1 Å². The van der Waals surface area contributed by atoms with Crippen LogP contribution in [0.15, 0.2) is 12.1 Å².